The molecule has 2 heterocycles. The number of hydrogen-bond donors (Lipinski definition) is 1. The molecular formula is C24H17N3O5. The fourth-order valence-corrected chi connectivity index (χ4v) is 3.25. The van der Waals surface area contributed by atoms with E-state index in [2.05, 4.69) is 16.8 Å². The molecule has 1 aliphatic heterocycles. The van der Waals surface area contributed by atoms with Gasteiger partial charge in [0.15, 0.2) is 13.2 Å². The normalized spacial score (nSPS) is 14.1. The molecular weight excluding hydrogens is 410 g/mol. The van der Waals surface area contributed by atoms with Gasteiger partial charge in [0.1, 0.15) is 23.1 Å². The summed E-state index contributed by atoms with van der Waals surface area (Å²) >= 11 is 0. The van der Waals surface area contributed by atoms with E-state index in [1.54, 1.807) is 30.3 Å². The molecule has 158 valence electrons. The number of nitrogens with zero attached hydrogens (tertiary/aromatic N) is 2. The highest BCUT2D eigenvalue weighted by Crippen LogP contribution is 2.42. The number of rotatable bonds is 6. The molecule has 8 nitrogen and oxygen atoms in total. The lowest BCUT2D eigenvalue weighted by Crippen LogP contribution is -2.28. The molecule has 0 bridgehead atoms. The molecule has 0 radical (unpaired) electrons. The third-order valence-electron chi connectivity index (χ3n) is 4.62. The van der Waals surface area contributed by atoms with Gasteiger partial charge in [-0.3, -0.25) is 4.79 Å². The van der Waals surface area contributed by atoms with Gasteiger partial charge in [0.2, 0.25) is 5.88 Å². The van der Waals surface area contributed by atoms with E-state index in [0.717, 1.165) is 0 Å². The van der Waals surface area contributed by atoms with E-state index in [0.29, 0.717) is 22.4 Å². The topological polar surface area (TPSA) is 125 Å². The fourth-order valence-electron chi connectivity index (χ4n) is 3.25. The zero-order valence-corrected chi connectivity index (χ0v) is 16.8. The van der Waals surface area contributed by atoms with Gasteiger partial charge in [0.25, 0.3) is 0 Å². The first kappa shape index (κ1) is 22.0. The minimum absolute atomic E-state index is 0.0463. The van der Waals surface area contributed by atoms with Gasteiger partial charge >= 0.3 is 11.9 Å². The van der Waals surface area contributed by atoms with E-state index in [-0.39, 0.29) is 36.8 Å². The quantitative estimate of drug-likeness (QED) is 0.548. The van der Waals surface area contributed by atoms with Crippen LogP contribution in [-0.2, 0) is 19.1 Å². The summed E-state index contributed by atoms with van der Waals surface area (Å²) in [5.74, 6) is 2.33. The Morgan fingerprint density at radius 1 is 1.12 bits per heavy atom. The molecule has 32 heavy (non-hydrogen) atoms. The number of carbonyl (C=O) groups excluding carboxylic acids is 2. The summed E-state index contributed by atoms with van der Waals surface area (Å²) in [6.45, 7) is -0.482. The van der Waals surface area contributed by atoms with Gasteiger partial charge in [0, 0.05) is 17.7 Å². The zero-order chi connectivity index (χ0) is 23.1. The lowest BCUT2D eigenvalue weighted by molar-refractivity contribution is -0.142. The Morgan fingerprint density at radius 3 is 2.56 bits per heavy atom. The van der Waals surface area contributed by atoms with Crippen LogP contribution >= 0.6 is 0 Å². The Balaban J connectivity index is 2.06. The molecule has 0 amide bonds. The number of aromatic nitrogens is 1. The molecule has 0 saturated heterocycles. The monoisotopic (exact) mass is 427 g/mol. The van der Waals surface area contributed by atoms with Crippen molar-refractivity contribution in [2.24, 2.45) is 5.73 Å². The Hall–Kier alpha value is -4.74. The summed E-state index contributed by atoms with van der Waals surface area (Å²) in [6.07, 6.45) is 11.6. The summed E-state index contributed by atoms with van der Waals surface area (Å²) in [5.41, 5.74) is 8.13. The number of nitrogens with two attached hydrogens (primary N) is 1. The van der Waals surface area contributed by atoms with Crippen LogP contribution in [0.3, 0.4) is 0 Å². The second-order valence-corrected chi connectivity index (χ2v) is 6.58. The summed E-state index contributed by atoms with van der Waals surface area (Å²) in [5, 5.41) is 9.13. The van der Waals surface area contributed by atoms with Crippen molar-refractivity contribution in [3.8, 4) is 47.6 Å². The van der Waals surface area contributed by atoms with Crippen LogP contribution in [-0.4, -0.2) is 30.1 Å². The summed E-state index contributed by atoms with van der Waals surface area (Å²) in [7, 11) is 0. The molecule has 0 fully saturated rings. The maximum Gasteiger partial charge on any atom is 0.341 e. The molecule has 1 atom stereocenters. The SMILES string of the molecule is C#CCOC(=O)CC1C(C(=O)OCC#C)=C(N)Oc2ccc(-c3ccnc(C#N)c3)cc21. The standard InChI is InChI=1S/C24H17N3O5/c1-3-9-30-21(28)13-19-18-12-15(16-7-8-27-17(11-16)14-25)5-6-20(18)32-23(26)22(19)24(29)31-10-4-2/h1-2,5-8,11-12,19H,9-10,13,26H2. The van der Waals surface area contributed by atoms with Crippen molar-refractivity contribution in [3.63, 3.8) is 0 Å². The molecule has 0 aliphatic carbocycles. The molecule has 1 aromatic heterocycles. The summed E-state index contributed by atoms with van der Waals surface area (Å²) in [4.78, 5) is 29.0. The molecule has 3 rings (SSSR count). The second-order valence-electron chi connectivity index (χ2n) is 6.58. The first-order chi connectivity index (χ1) is 15.5. The van der Waals surface area contributed by atoms with Gasteiger partial charge in [0.05, 0.1) is 6.42 Å². The Kier molecular flexibility index (Phi) is 6.75. The van der Waals surface area contributed by atoms with Crippen LogP contribution in [0.5, 0.6) is 5.75 Å². The second kappa shape index (κ2) is 9.84. The van der Waals surface area contributed by atoms with Crippen molar-refractivity contribution in [2.45, 2.75) is 12.3 Å². The highest BCUT2D eigenvalue weighted by molar-refractivity contribution is 5.93. The van der Waals surface area contributed by atoms with Crippen molar-refractivity contribution in [1.29, 1.82) is 5.26 Å². The number of carbonyl (C=O) groups is 2. The molecule has 1 aromatic carbocycles. The van der Waals surface area contributed by atoms with Gasteiger partial charge in [-0.05, 0) is 35.4 Å². The Labute approximate surface area is 184 Å². The van der Waals surface area contributed by atoms with Gasteiger partial charge in [-0.2, -0.15) is 5.26 Å². The molecule has 1 unspecified atom stereocenters. The van der Waals surface area contributed by atoms with Crippen LogP contribution in [0, 0.1) is 36.0 Å². The van der Waals surface area contributed by atoms with Crippen molar-refractivity contribution in [3.05, 3.63) is 59.2 Å². The number of terminal acetylenes is 2. The van der Waals surface area contributed by atoms with Gasteiger partial charge in [-0.25, -0.2) is 9.78 Å². The highest BCUT2D eigenvalue weighted by atomic mass is 16.5. The number of pyridine rings is 1. The van der Waals surface area contributed by atoms with E-state index in [1.807, 2.05) is 6.07 Å². The maximum absolute atomic E-state index is 12.7. The van der Waals surface area contributed by atoms with Gasteiger partial charge in [-0.1, -0.05) is 17.9 Å². The third kappa shape index (κ3) is 4.70. The van der Waals surface area contributed by atoms with Crippen LogP contribution < -0.4 is 10.5 Å². The van der Waals surface area contributed by atoms with Gasteiger partial charge < -0.3 is 19.9 Å². The molecule has 0 saturated carbocycles. The van der Waals surface area contributed by atoms with E-state index in [4.69, 9.17) is 38.1 Å². The van der Waals surface area contributed by atoms with Crippen LogP contribution in [0.15, 0.2) is 48.0 Å². The largest absolute Gasteiger partial charge is 0.452 e. The summed E-state index contributed by atoms with van der Waals surface area (Å²) in [6, 6.07) is 10.5. The van der Waals surface area contributed by atoms with E-state index >= 15 is 0 Å². The number of nitriles is 1. The predicted molar refractivity (Wildman–Crippen MR) is 113 cm³/mol. The average molecular weight is 427 g/mol. The first-order valence-corrected chi connectivity index (χ1v) is 9.36. The number of hydrogen-bond acceptors (Lipinski definition) is 8. The lowest BCUT2D eigenvalue weighted by Gasteiger charge is -2.28. The minimum Gasteiger partial charge on any atom is -0.452 e. The maximum atomic E-state index is 12.7. The van der Waals surface area contributed by atoms with E-state index in [1.165, 1.54) is 6.20 Å². The average Bonchev–Trinajstić information content (AvgIpc) is 2.81. The number of ether oxygens (including phenoxy) is 3. The molecule has 1 aliphatic rings. The summed E-state index contributed by atoms with van der Waals surface area (Å²) < 4.78 is 15.7. The fraction of sp³-hybridized carbons (Fsp3) is 0.167. The number of fused-ring (bicyclic) bond motifs is 1. The molecule has 2 aromatic rings. The smallest absolute Gasteiger partial charge is 0.341 e. The van der Waals surface area contributed by atoms with Gasteiger partial charge in [-0.15, -0.1) is 12.8 Å². The van der Waals surface area contributed by atoms with Crippen molar-refractivity contribution >= 4 is 11.9 Å². The molecule has 0 spiro atoms. The minimum atomic E-state index is -0.827. The number of esters is 2. The Bertz CT molecular complexity index is 1230. The highest BCUT2D eigenvalue weighted by Gasteiger charge is 2.36. The first-order valence-electron chi connectivity index (χ1n) is 9.36. The predicted octanol–water partition coefficient (Wildman–Crippen LogP) is 2.01. The van der Waals surface area contributed by atoms with Crippen LogP contribution in [0.25, 0.3) is 11.1 Å². The van der Waals surface area contributed by atoms with Crippen molar-refractivity contribution < 1.29 is 23.8 Å². The van der Waals surface area contributed by atoms with E-state index in [9.17, 15) is 9.59 Å². The Morgan fingerprint density at radius 2 is 1.84 bits per heavy atom. The van der Waals surface area contributed by atoms with Crippen LogP contribution in [0.1, 0.15) is 23.6 Å². The third-order valence-corrected chi connectivity index (χ3v) is 4.62. The van der Waals surface area contributed by atoms with Crippen LogP contribution in [0.4, 0.5) is 0 Å². The molecule has 8 heteroatoms. The lowest BCUT2D eigenvalue weighted by atomic mass is 9.84. The zero-order valence-electron chi connectivity index (χ0n) is 16.8. The van der Waals surface area contributed by atoms with Crippen LogP contribution in [0.2, 0.25) is 0 Å². The van der Waals surface area contributed by atoms with E-state index < -0.39 is 17.9 Å². The molecule has 2 N–H and O–H groups in total. The van der Waals surface area contributed by atoms with Crippen molar-refractivity contribution in [1.82, 2.24) is 4.98 Å². The van der Waals surface area contributed by atoms with Crippen molar-refractivity contribution in [2.75, 3.05) is 13.2 Å². The number of benzene rings is 1.